The number of benzene rings is 2. The van der Waals surface area contributed by atoms with E-state index in [1.54, 1.807) is 0 Å². The lowest BCUT2D eigenvalue weighted by atomic mass is 9.89. The van der Waals surface area contributed by atoms with Crippen molar-refractivity contribution in [3.8, 4) is 0 Å². The zero-order chi connectivity index (χ0) is 13.8. The summed E-state index contributed by atoms with van der Waals surface area (Å²) in [6.07, 6.45) is 1.51. The van der Waals surface area contributed by atoms with E-state index in [0.717, 1.165) is 18.6 Å². The quantitative estimate of drug-likeness (QED) is 0.643. The van der Waals surface area contributed by atoms with Gasteiger partial charge in [0.25, 0.3) is 0 Å². The number of nitrogens with one attached hydrogen (secondary N) is 1. The van der Waals surface area contributed by atoms with Crippen molar-refractivity contribution in [1.82, 2.24) is 5.32 Å². The first-order chi connectivity index (χ1) is 9.86. The highest BCUT2D eigenvalue weighted by atomic mass is 16.4. The zero-order valence-electron chi connectivity index (χ0n) is 11.2. The van der Waals surface area contributed by atoms with Crippen LogP contribution in [-0.2, 0) is 0 Å². The van der Waals surface area contributed by atoms with Crippen molar-refractivity contribution in [3.63, 3.8) is 0 Å². The van der Waals surface area contributed by atoms with Crippen LogP contribution in [0.5, 0.6) is 0 Å². The molecule has 1 fully saturated rings. The molecule has 1 heterocycles. The Morgan fingerprint density at radius 3 is 1.65 bits per heavy atom. The van der Waals surface area contributed by atoms with Gasteiger partial charge in [-0.2, -0.15) is 0 Å². The molecule has 0 aliphatic carbocycles. The van der Waals surface area contributed by atoms with Gasteiger partial charge in [0.05, 0.1) is 5.71 Å². The van der Waals surface area contributed by atoms with E-state index in [1.807, 2.05) is 36.4 Å². The summed E-state index contributed by atoms with van der Waals surface area (Å²) >= 11 is 0. The second kappa shape index (κ2) is 5.88. The topological polar surface area (TPSA) is 44.6 Å². The number of nitrogens with zero attached hydrogens (tertiary/aromatic N) is 1. The maximum atomic E-state index is 9.18. The van der Waals surface area contributed by atoms with E-state index >= 15 is 0 Å². The van der Waals surface area contributed by atoms with E-state index in [4.69, 9.17) is 0 Å². The molecular weight excluding hydrogens is 248 g/mol. The molecular formula is C17H18N2O. The van der Waals surface area contributed by atoms with Crippen LogP contribution in [0.2, 0.25) is 0 Å². The van der Waals surface area contributed by atoms with Crippen LogP contribution in [0.25, 0.3) is 0 Å². The molecule has 1 aliphatic rings. The first kappa shape index (κ1) is 12.9. The molecule has 20 heavy (non-hydrogen) atoms. The van der Waals surface area contributed by atoms with Crippen LogP contribution in [-0.4, -0.2) is 10.9 Å². The Morgan fingerprint density at radius 2 is 1.25 bits per heavy atom. The molecule has 0 spiro atoms. The molecule has 0 amide bonds. The maximum absolute atomic E-state index is 9.18. The van der Waals surface area contributed by atoms with Crippen molar-refractivity contribution in [2.24, 2.45) is 5.16 Å². The van der Waals surface area contributed by atoms with Crippen molar-refractivity contribution in [1.29, 1.82) is 0 Å². The van der Waals surface area contributed by atoms with Gasteiger partial charge in [0.15, 0.2) is 0 Å². The average molecular weight is 266 g/mol. The maximum Gasteiger partial charge on any atom is 0.0608 e. The highest BCUT2D eigenvalue weighted by Crippen LogP contribution is 2.31. The van der Waals surface area contributed by atoms with Crippen molar-refractivity contribution in [3.05, 3.63) is 71.8 Å². The molecule has 0 saturated carbocycles. The number of oxime groups is 1. The third kappa shape index (κ3) is 2.73. The van der Waals surface area contributed by atoms with E-state index in [1.165, 1.54) is 11.1 Å². The predicted molar refractivity (Wildman–Crippen MR) is 80.0 cm³/mol. The largest absolute Gasteiger partial charge is 0.411 e. The van der Waals surface area contributed by atoms with Gasteiger partial charge in [-0.25, -0.2) is 0 Å². The SMILES string of the molecule is ON=C1C[C@@H](c2ccccc2)N[C@@H](c2ccccc2)C1. The van der Waals surface area contributed by atoms with E-state index < -0.39 is 0 Å². The average Bonchev–Trinajstić information content (AvgIpc) is 2.56. The minimum absolute atomic E-state index is 0.195. The van der Waals surface area contributed by atoms with E-state index in [0.29, 0.717) is 0 Å². The summed E-state index contributed by atoms with van der Waals surface area (Å²) in [4.78, 5) is 0. The Morgan fingerprint density at radius 1 is 0.800 bits per heavy atom. The number of hydrogen-bond acceptors (Lipinski definition) is 3. The molecule has 3 rings (SSSR count). The molecule has 2 aromatic carbocycles. The Kier molecular flexibility index (Phi) is 3.79. The number of rotatable bonds is 2. The van der Waals surface area contributed by atoms with Gasteiger partial charge < -0.3 is 10.5 Å². The minimum Gasteiger partial charge on any atom is -0.411 e. The van der Waals surface area contributed by atoms with Gasteiger partial charge in [-0.3, -0.25) is 0 Å². The molecule has 0 aromatic heterocycles. The molecule has 2 aromatic rings. The van der Waals surface area contributed by atoms with Crippen molar-refractivity contribution in [2.45, 2.75) is 24.9 Å². The van der Waals surface area contributed by atoms with E-state index in [9.17, 15) is 5.21 Å². The summed E-state index contributed by atoms with van der Waals surface area (Å²) in [6, 6.07) is 21.0. The second-order valence-electron chi connectivity index (χ2n) is 5.17. The first-order valence-corrected chi connectivity index (χ1v) is 6.92. The van der Waals surface area contributed by atoms with E-state index in [2.05, 4.69) is 34.7 Å². The van der Waals surface area contributed by atoms with Gasteiger partial charge in [-0.05, 0) is 11.1 Å². The molecule has 3 nitrogen and oxygen atoms in total. The normalized spacial score (nSPS) is 24.7. The standard InChI is InChI=1S/C17H18N2O/c20-19-15-11-16(13-7-3-1-4-8-13)18-17(12-15)14-9-5-2-6-10-14/h1-10,16-18,20H,11-12H2/t16-,17+. The molecule has 1 saturated heterocycles. The second-order valence-corrected chi connectivity index (χ2v) is 5.17. The van der Waals surface area contributed by atoms with Gasteiger partial charge in [-0.1, -0.05) is 65.8 Å². The van der Waals surface area contributed by atoms with Gasteiger partial charge in [-0.15, -0.1) is 0 Å². The summed E-state index contributed by atoms with van der Waals surface area (Å²) in [5.74, 6) is 0. The van der Waals surface area contributed by atoms with E-state index in [-0.39, 0.29) is 12.1 Å². The first-order valence-electron chi connectivity index (χ1n) is 6.92. The van der Waals surface area contributed by atoms with Crippen LogP contribution in [0.3, 0.4) is 0 Å². The number of piperidine rings is 1. The number of hydrogen-bond donors (Lipinski definition) is 2. The van der Waals surface area contributed by atoms with Crippen LogP contribution < -0.4 is 5.32 Å². The summed E-state index contributed by atoms with van der Waals surface area (Å²) in [6.45, 7) is 0. The summed E-state index contributed by atoms with van der Waals surface area (Å²) in [5.41, 5.74) is 3.31. The molecule has 0 unspecified atom stereocenters. The monoisotopic (exact) mass is 266 g/mol. The molecule has 0 radical (unpaired) electrons. The lowest BCUT2D eigenvalue weighted by Gasteiger charge is -2.32. The lowest BCUT2D eigenvalue weighted by Crippen LogP contribution is -2.35. The Labute approximate surface area is 119 Å². The predicted octanol–water partition coefficient (Wildman–Crippen LogP) is 3.68. The Balaban J connectivity index is 1.87. The molecule has 1 aliphatic heterocycles. The van der Waals surface area contributed by atoms with Gasteiger partial charge in [0, 0.05) is 24.9 Å². The summed E-state index contributed by atoms with van der Waals surface area (Å²) in [5, 5.41) is 16.3. The van der Waals surface area contributed by atoms with Crippen LogP contribution in [0, 0.1) is 0 Å². The van der Waals surface area contributed by atoms with Crippen LogP contribution >= 0.6 is 0 Å². The fourth-order valence-electron chi connectivity index (χ4n) is 2.80. The zero-order valence-corrected chi connectivity index (χ0v) is 11.2. The van der Waals surface area contributed by atoms with Gasteiger partial charge >= 0.3 is 0 Å². The fraction of sp³-hybridized carbons (Fsp3) is 0.235. The fourth-order valence-corrected chi connectivity index (χ4v) is 2.80. The highest BCUT2D eigenvalue weighted by molar-refractivity contribution is 5.86. The molecule has 0 bridgehead atoms. The van der Waals surface area contributed by atoms with Crippen LogP contribution in [0.4, 0.5) is 0 Å². The van der Waals surface area contributed by atoms with Crippen LogP contribution in [0.1, 0.15) is 36.1 Å². The Bertz CT molecular complexity index is 531. The Hall–Kier alpha value is -2.13. The van der Waals surface area contributed by atoms with Crippen molar-refractivity contribution in [2.75, 3.05) is 0 Å². The third-order valence-corrected chi connectivity index (χ3v) is 3.83. The molecule has 102 valence electrons. The minimum atomic E-state index is 0.195. The van der Waals surface area contributed by atoms with Gasteiger partial charge in [0.1, 0.15) is 0 Å². The van der Waals surface area contributed by atoms with Gasteiger partial charge in [0.2, 0.25) is 0 Å². The highest BCUT2D eigenvalue weighted by Gasteiger charge is 2.27. The van der Waals surface area contributed by atoms with Crippen molar-refractivity contribution >= 4 is 5.71 Å². The van der Waals surface area contributed by atoms with Crippen molar-refractivity contribution < 1.29 is 5.21 Å². The summed E-state index contributed by atoms with van der Waals surface area (Å²) < 4.78 is 0. The smallest absolute Gasteiger partial charge is 0.0608 e. The summed E-state index contributed by atoms with van der Waals surface area (Å²) in [7, 11) is 0. The molecule has 2 N–H and O–H groups in total. The third-order valence-electron chi connectivity index (χ3n) is 3.83. The molecule has 2 atom stereocenters. The van der Waals surface area contributed by atoms with Crippen LogP contribution in [0.15, 0.2) is 65.8 Å². The lowest BCUT2D eigenvalue weighted by molar-refractivity contribution is 0.307. The molecule has 3 heteroatoms.